The van der Waals surface area contributed by atoms with Crippen LogP contribution in [0.25, 0.3) is 0 Å². The van der Waals surface area contributed by atoms with E-state index in [2.05, 4.69) is 26.7 Å². The van der Waals surface area contributed by atoms with Crippen LogP contribution in [-0.2, 0) is 9.63 Å². The maximum Gasteiger partial charge on any atom is 0.277 e. The maximum absolute atomic E-state index is 15.9. The van der Waals surface area contributed by atoms with E-state index >= 15 is 4.39 Å². The molecule has 1 aliphatic heterocycles. The standard InChI is InChI=1S/C23H26BrFN4O3/c1-14-10-16(24)6-7-18(14)26-21-17(23(31)27-32-12-15-4-5-15)11-19-22(20(21)25)28(2)13-29(19)8-3-9-30/h6-7,9-11,15,26H,3-5,8,12-13H2,1-2H3,(H,27,31). The average Bonchev–Trinajstić information content (AvgIpc) is 3.52. The van der Waals surface area contributed by atoms with Gasteiger partial charge in [0.15, 0.2) is 5.82 Å². The molecule has 1 fully saturated rings. The third-order valence-electron chi connectivity index (χ3n) is 5.72. The molecule has 0 atom stereocenters. The van der Waals surface area contributed by atoms with E-state index in [-0.39, 0.29) is 11.3 Å². The lowest BCUT2D eigenvalue weighted by Crippen LogP contribution is -2.29. The molecule has 0 bridgehead atoms. The number of halogens is 2. The Morgan fingerprint density at radius 1 is 1.34 bits per heavy atom. The molecule has 4 rings (SSSR count). The van der Waals surface area contributed by atoms with Crippen molar-refractivity contribution in [3.8, 4) is 0 Å². The second-order valence-electron chi connectivity index (χ2n) is 8.31. The molecule has 170 valence electrons. The van der Waals surface area contributed by atoms with Crippen LogP contribution in [0.1, 0.15) is 35.2 Å². The van der Waals surface area contributed by atoms with Gasteiger partial charge in [0, 0.05) is 30.2 Å². The molecule has 1 saturated carbocycles. The van der Waals surface area contributed by atoms with Crippen LogP contribution in [0.15, 0.2) is 28.7 Å². The van der Waals surface area contributed by atoms with Gasteiger partial charge in [-0.1, -0.05) is 15.9 Å². The highest BCUT2D eigenvalue weighted by Crippen LogP contribution is 2.43. The molecule has 9 heteroatoms. The van der Waals surface area contributed by atoms with Crippen LogP contribution in [0.5, 0.6) is 0 Å². The number of fused-ring (bicyclic) bond motifs is 1. The van der Waals surface area contributed by atoms with Crippen molar-refractivity contribution in [2.45, 2.75) is 26.2 Å². The van der Waals surface area contributed by atoms with Crippen molar-refractivity contribution < 1.29 is 18.8 Å². The Morgan fingerprint density at radius 2 is 2.12 bits per heavy atom. The van der Waals surface area contributed by atoms with Crippen LogP contribution in [-0.4, -0.2) is 39.1 Å². The minimum atomic E-state index is -0.520. The minimum Gasteiger partial charge on any atom is -0.353 e. The van der Waals surface area contributed by atoms with Gasteiger partial charge in [0.25, 0.3) is 5.91 Å². The summed E-state index contributed by atoms with van der Waals surface area (Å²) in [6, 6.07) is 7.27. The lowest BCUT2D eigenvalue weighted by molar-refractivity contribution is -0.107. The highest BCUT2D eigenvalue weighted by atomic mass is 79.9. The largest absolute Gasteiger partial charge is 0.353 e. The van der Waals surface area contributed by atoms with E-state index in [4.69, 9.17) is 4.84 Å². The maximum atomic E-state index is 15.9. The van der Waals surface area contributed by atoms with Gasteiger partial charge < -0.3 is 19.9 Å². The van der Waals surface area contributed by atoms with Gasteiger partial charge in [0.2, 0.25) is 0 Å². The van der Waals surface area contributed by atoms with Crippen molar-refractivity contribution >= 4 is 50.9 Å². The van der Waals surface area contributed by atoms with Crippen molar-refractivity contribution in [1.82, 2.24) is 5.48 Å². The molecule has 0 radical (unpaired) electrons. The Morgan fingerprint density at radius 3 is 2.81 bits per heavy atom. The molecule has 0 aromatic heterocycles. The van der Waals surface area contributed by atoms with Crippen LogP contribution in [0.3, 0.4) is 0 Å². The van der Waals surface area contributed by atoms with Crippen molar-refractivity contribution in [2.75, 3.05) is 42.0 Å². The normalized spacial score (nSPS) is 15.0. The first-order chi connectivity index (χ1) is 15.4. The number of anilines is 4. The fraction of sp³-hybridized carbons (Fsp3) is 0.391. The Balaban J connectivity index is 1.72. The van der Waals surface area contributed by atoms with Gasteiger partial charge in [0.1, 0.15) is 12.0 Å². The van der Waals surface area contributed by atoms with E-state index in [0.717, 1.165) is 29.2 Å². The summed E-state index contributed by atoms with van der Waals surface area (Å²) in [5, 5.41) is 3.12. The van der Waals surface area contributed by atoms with E-state index in [1.165, 1.54) is 0 Å². The predicted octanol–water partition coefficient (Wildman–Crippen LogP) is 4.51. The third kappa shape index (κ3) is 4.73. The Bertz CT molecular complexity index is 1040. The van der Waals surface area contributed by atoms with Crippen molar-refractivity contribution in [3.05, 3.63) is 45.7 Å². The summed E-state index contributed by atoms with van der Waals surface area (Å²) in [6.45, 7) is 3.23. The molecule has 2 N–H and O–H groups in total. The first kappa shape index (κ1) is 22.5. The number of aryl methyl sites for hydroxylation is 1. The lowest BCUT2D eigenvalue weighted by Gasteiger charge is -2.20. The van der Waals surface area contributed by atoms with Crippen LogP contribution < -0.4 is 20.6 Å². The number of hydroxylamine groups is 1. The average molecular weight is 505 g/mol. The van der Waals surface area contributed by atoms with E-state index in [0.29, 0.717) is 49.2 Å². The highest BCUT2D eigenvalue weighted by Gasteiger charge is 2.32. The Hall–Kier alpha value is -2.65. The molecule has 1 amide bonds. The van der Waals surface area contributed by atoms with E-state index in [9.17, 15) is 9.59 Å². The monoisotopic (exact) mass is 504 g/mol. The van der Waals surface area contributed by atoms with Crippen LogP contribution >= 0.6 is 15.9 Å². The van der Waals surface area contributed by atoms with Crippen LogP contribution in [0, 0.1) is 18.7 Å². The highest BCUT2D eigenvalue weighted by molar-refractivity contribution is 9.10. The zero-order chi connectivity index (χ0) is 22.8. The first-order valence-electron chi connectivity index (χ1n) is 10.6. The van der Waals surface area contributed by atoms with E-state index in [1.54, 1.807) is 18.0 Å². The summed E-state index contributed by atoms with van der Waals surface area (Å²) >= 11 is 3.44. The molecule has 0 spiro atoms. The first-order valence-corrected chi connectivity index (χ1v) is 11.4. The number of aldehydes is 1. The molecule has 1 heterocycles. The molecule has 2 aromatic rings. The molecule has 0 saturated heterocycles. The van der Waals surface area contributed by atoms with Gasteiger partial charge in [-0.2, -0.15) is 0 Å². The zero-order valence-electron chi connectivity index (χ0n) is 18.1. The molecule has 2 aliphatic rings. The fourth-order valence-electron chi connectivity index (χ4n) is 3.80. The summed E-state index contributed by atoms with van der Waals surface area (Å²) in [5.74, 6) is -0.565. The number of benzene rings is 2. The predicted molar refractivity (Wildman–Crippen MR) is 126 cm³/mol. The summed E-state index contributed by atoms with van der Waals surface area (Å²) < 4.78 is 16.8. The van der Waals surface area contributed by atoms with Gasteiger partial charge >= 0.3 is 0 Å². The number of nitrogens with zero attached hydrogens (tertiary/aromatic N) is 2. The minimum absolute atomic E-state index is 0.0887. The lowest BCUT2D eigenvalue weighted by atomic mass is 10.1. The van der Waals surface area contributed by atoms with Crippen molar-refractivity contribution in [1.29, 1.82) is 0 Å². The summed E-state index contributed by atoms with van der Waals surface area (Å²) in [5.41, 5.74) is 5.27. The summed E-state index contributed by atoms with van der Waals surface area (Å²) in [4.78, 5) is 32.9. The molecule has 7 nitrogen and oxygen atoms in total. The fourth-order valence-corrected chi connectivity index (χ4v) is 4.28. The molecular formula is C23H26BrFN4O3. The van der Waals surface area contributed by atoms with Crippen molar-refractivity contribution in [3.63, 3.8) is 0 Å². The van der Waals surface area contributed by atoms with Crippen LogP contribution in [0.4, 0.5) is 27.1 Å². The molecule has 1 aliphatic carbocycles. The smallest absolute Gasteiger partial charge is 0.277 e. The summed E-state index contributed by atoms with van der Waals surface area (Å²) in [7, 11) is 1.79. The topological polar surface area (TPSA) is 73.9 Å². The Kier molecular flexibility index (Phi) is 6.66. The number of carbonyl (C=O) groups excluding carboxylic acids is 2. The molecule has 32 heavy (non-hydrogen) atoms. The van der Waals surface area contributed by atoms with Gasteiger partial charge in [-0.15, -0.1) is 0 Å². The van der Waals surface area contributed by atoms with E-state index in [1.807, 2.05) is 30.0 Å². The quantitative estimate of drug-likeness (QED) is 0.386. The van der Waals surface area contributed by atoms with E-state index < -0.39 is 11.7 Å². The van der Waals surface area contributed by atoms with Gasteiger partial charge in [-0.3, -0.25) is 9.63 Å². The second-order valence-corrected chi connectivity index (χ2v) is 9.22. The molecule has 0 unspecified atom stereocenters. The second kappa shape index (κ2) is 9.46. The van der Waals surface area contributed by atoms with Gasteiger partial charge in [-0.05, 0) is 55.5 Å². The third-order valence-corrected chi connectivity index (χ3v) is 6.21. The summed E-state index contributed by atoms with van der Waals surface area (Å²) in [6.07, 6.45) is 3.34. The number of nitrogens with one attached hydrogen (secondary N) is 2. The number of rotatable bonds is 9. The zero-order valence-corrected chi connectivity index (χ0v) is 19.7. The van der Waals surface area contributed by atoms with Crippen molar-refractivity contribution in [2.24, 2.45) is 5.92 Å². The Labute approximate surface area is 195 Å². The SMILES string of the molecule is Cc1cc(Br)ccc1Nc1c(C(=O)NOCC2CC2)cc2c(c1F)N(C)CN2CCC=O. The number of carbonyl (C=O) groups is 2. The van der Waals surface area contributed by atoms with Crippen LogP contribution in [0.2, 0.25) is 0 Å². The molecular weight excluding hydrogens is 479 g/mol. The number of hydrogen-bond donors (Lipinski definition) is 2. The number of hydrogen-bond acceptors (Lipinski definition) is 6. The van der Waals surface area contributed by atoms with Gasteiger partial charge in [-0.25, -0.2) is 9.87 Å². The van der Waals surface area contributed by atoms with Gasteiger partial charge in [0.05, 0.1) is 30.2 Å². The molecule has 2 aromatic carbocycles. The number of amides is 1.